The quantitative estimate of drug-likeness (QED) is 0.858. The number of urea groups is 1. The summed E-state index contributed by atoms with van der Waals surface area (Å²) in [6.45, 7) is 4.13. The number of aromatic nitrogens is 2. The summed E-state index contributed by atoms with van der Waals surface area (Å²) in [5, 5.41) is 16.2. The maximum absolute atomic E-state index is 12.3. The average Bonchev–Trinajstić information content (AvgIpc) is 2.66. The van der Waals surface area contributed by atoms with E-state index in [0.29, 0.717) is 17.9 Å². The summed E-state index contributed by atoms with van der Waals surface area (Å²) in [6.07, 6.45) is 3.35. The predicted molar refractivity (Wildman–Crippen MR) is 73.5 cm³/mol. The highest BCUT2D eigenvalue weighted by Crippen LogP contribution is 2.24. The van der Waals surface area contributed by atoms with Crippen molar-refractivity contribution < 1.29 is 14.7 Å². The molecule has 1 aliphatic heterocycles. The van der Waals surface area contributed by atoms with Crippen molar-refractivity contribution in [3.63, 3.8) is 0 Å². The number of carbonyl (C=O) groups excluding carboxylic acids is 1. The highest BCUT2D eigenvalue weighted by molar-refractivity contribution is 5.92. The third kappa shape index (κ3) is 2.76. The molecule has 2 rings (SSSR count). The zero-order valence-corrected chi connectivity index (χ0v) is 12.0. The van der Waals surface area contributed by atoms with Gasteiger partial charge < -0.3 is 15.3 Å². The molecule has 0 saturated carbocycles. The van der Waals surface area contributed by atoms with Gasteiger partial charge in [-0.3, -0.25) is 4.68 Å². The summed E-state index contributed by atoms with van der Waals surface area (Å²) in [7, 11) is 1.77. The van der Waals surface area contributed by atoms with Crippen LogP contribution in [-0.4, -0.2) is 44.4 Å². The number of nitrogens with one attached hydrogen (secondary N) is 1. The first-order chi connectivity index (χ1) is 9.40. The van der Waals surface area contributed by atoms with E-state index in [4.69, 9.17) is 0 Å². The number of hydrogen-bond donors (Lipinski definition) is 2. The van der Waals surface area contributed by atoms with Crippen LogP contribution < -0.4 is 5.32 Å². The van der Waals surface area contributed by atoms with Crippen molar-refractivity contribution in [2.45, 2.75) is 32.7 Å². The van der Waals surface area contributed by atoms with Crippen molar-refractivity contribution in [3.8, 4) is 0 Å². The van der Waals surface area contributed by atoms with Crippen LogP contribution in [0.4, 0.5) is 10.5 Å². The molecule has 1 aromatic heterocycles. The molecule has 2 amide bonds. The van der Waals surface area contributed by atoms with Crippen LogP contribution in [0.5, 0.6) is 0 Å². The van der Waals surface area contributed by atoms with Crippen molar-refractivity contribution in [3.05, 3.63) is 11.9 Å². The van der Waals surface area contributed by atoms with E-state index in [0.717, 1.165) is 12.8 Å². The average molecular weight is 280 g/mol. The molecule has 1 saturated heterocycles. The molecular weight excluding hydrogens is 260 g/mol. The van der Waals surface area contributed by atoms with Crippen molar-refractivity contribution >= 4 is 17.7 Å². The molecular formula is C13H20N4O3. The third-order valence-corrected chi connectivity index (χ3v) is 3.70. The molecule has 0 aliphatic carbocycles. The van der Waals surface area contributed by atoms with E-state index in [1.807, 2.05) is 6.92 Å². The highest BCUT2D eigenvalue weighted by Gasteiger charge is 2.37. The fourth-order valence-corrected chi connectivity index (χ4v) is 2.70. The topological polar surface area (TPSA) is 87.5 Å². The molecule has 2 N–H and O–H groups in total. The highest BCUT2D eigenvalue weighted by atomic mass is 16.4. The first kappa shape index (κ1) is 14.4. The van der Waals surface area contributed by atoms with E-state index in [-0.39, 0.29) is 11.9 Å². The molecule has 7 nitrogen and oxygen atoms in total. The van der Waals surface area contributed by atoms with E-state index in [1.54, 1.807) is 24.9 Å². The van der Waals surface area contributed by atoms with Gasteiger partial charge in [-0.25, -0.2) is 9.59 Å². The molecule has 0 spiro atoms. The molecule has 2 atom stereocenters. The Labute approximate surface area is 117 Å². The Balaban J connectivity index is 2.14. The second-order valence-electron chi connectivity index (χ2n) is 5.33. The number of anilines is 1. The van der Waals surface area contributed by atoms with Crippen LogP contribution in [0.1, 0.15) is 25.5 Å². The molecule has 1 fully saturated rings. The first-order valence-electron chi connectivity index (χ1n) is 6.71. The molecule has 7 heteroatoms. The maximum Gasteiger partial charge on any atom is 0.326 e. The normalized spacial score (nSPS) is 22.6. The first-order valence-corrected chi connectivity index (χ1v) is 6.71. The van der Waals surface area contributed by atoms with Gasteiger partial charge >= 0.3 is 12.0 Å². The lowest BCUT2D eigenvalue weighted by Crippen LogP contribution is -2.53. The Morgan fingerprint density at radius 1 is 1.50 bits per heavy atom. The van der Waals surface area contributed by atoms with E-state index in [9.17, 15) is 14.7 Å². The minimum Gasteiger partial charge on any atom is -0.480 e. The molecule has 1 aromatic rings. The van der Waals surface area contributed by atoms with E-state index < -0.39 is 12.0 Å². The number of rotatable bonds is 2. The van der Waals surface area contributed by atoms with Gasteiger partial charge in [0, 0.05) is 19.8 Å². The van der Waals surface area contributed by atoms with Crippen molar-refractivity contribution in [1.82, 2.24) is 14.7 Å². The van der Waals surface area contributed by atoms with Crippen LogP contribution in [0.15, 0.2) is 6.20 Å². The Hall–Kier alpha value is -2.05. The second-order valence-corrected chi connectivity index (χ2v) is 5.33. The summed E-state index contributed by atoms with van der Waals surface area (Å²) in [5.41, 5.74) is 1.32. The van der Waals surface area contributed by atoms with Gasteiger partial charge in [0.25, 0.3) is 0 Å². The van der Waals surface area contributed by atoms with Gasteiger partial charge in [0.15, 0.2) is 0 Å². The zero-order chi connectivity index (χ0) is 14.9. The number of carboxylic acids is 1. The number of hydrogen-bond acceptors (Lipinski definition) is 3. The number of carboxylic acid groups (broad SMARTS) is 1. The van der Waals surface area contributed by atoms with Gasteiger partial charge in [-0.2, -0.15) is 5.10 Å². The monoisotopic (exact) mass is 280 g/mol. The number of amides is 2. The SMILES string of the molecule is Cc1nn(C)cc1NC(=O)N1CCCC(C)C1C(=O)O. The second kappa shape index (κ2) is 5.52. The molecule has 20 heavy (non-hydrogen) atoms. The summed E-state index contributed by atoms with van der Waals surface area (Å²) >= 11 is 0. The smallest absolute Gasteiger partial charge is 0.326 e. The largest absolute Gasteiger partial charge is 0.480 e. The summed E-state index contributed by atoms with van der Waals surface area (Å²) in [4.78, 5) is 25.1. The van der Waals surface area contributed by atoms with Crippen LogP contribution in [-0.2, 0) is 11.8 Å². The zero-order valence-electron chi connectivity index (χ0n) is 12.0. The molecule has 0 aromatic carbocycles. The van der Waals surface area contributed by atoms with Gasteiger partial charge in [-0.05, 0) is 25.7 Å². The lowest BCUT2D eigenvalue weighted by atomic mass is 9.91. The Morgan fingerprint density at radius 3 is 2.75 bits per heavy atom. The number of likely N-dealkylation sites (tertiary alicyclic amines) is 1. The minimum absolute atomic E-state index is 0.0398. The summed E-state index contributed by atoms with van der Waals surface area (Å²) in [6, 6.07) is -1.14. The summed E-state index contributed by atoms with van der Waals surface area (Å²) in [5.74, 6) is -0.989. The van der Waals surface area contributed by atoms with Crippen molar-refractivity contribution in [2.75, 3.05) is 11.9 Å². The number of piperidine rings is 1. The lowest BCUT2D eigenvalue weighted by molar-refractivity contribution is -0.145. The maximum atomic E-state index is 12.3. The van der Waals surface area contributed by atoms with Crippen molar-refractivity contribution in [1.29, 1.82) is 0 Å². The van der Waals surface area contributed by atoms with Gasteiger partial charge in [0.1, 0.15) is 6.04 Å². The van der Waals surface area contributed by atoms with Crippen molar-refractivity contribution in [2.24, 2.45) is 13.0 Å². The van der Waals surface area contributed by atoms with Gasteiger partial charge in [-0.1, -0.05) is 6.92 Å². The van der Waals surface area contributed by atoms with Gasteiger partial charge in [0.05, 0.1) is 11.4 Å². The van der Waals surface area contributed by atoms with Crippen LogP contribution in [0.25, 0.3) is 0 Å². The van der Waals surface area contributed by atoms with Crippen LogP contribution in [0.2, 0.25) is 0 Å². The molecule has 1 aliphatic rings. The van der Waals surface area contributed by atoms with Crippen LogP contribution in [0, 0.1) is 12.8 Å². The Morgan fingerprint density at radius 2 is 2.20 bits per heavy atom. The van der Waals surface area contributed by atoms with Gasteiger partial charge in [-0.15, -0.1) is 0 Å². The standard InChI is InChI=1S/C13H20N4O3/c1-8-5-4-6-17(11(8)12(18)19)13(20)14-10-7-16(3)15-9(10)2/h7-8,11H,4-6H2,1-3H3,(H,14,20)(H,18,19). The number of aliphatic carboxylic acids is 1. The third-order valence-electron chi connectivity index (χ3n) is 3.70. The predicted octanol–water partition coefficient (Wildman–Crippen LogP) is 1.45. The molecule has 0 bridgehead atoms. The number of carbonyl (C=O) groups is 2. The number of aryl methyl sites for hydroxylation is 2. The molecule has 2 heterocycles. The fourth-order valence-electron chi connectivity index (χ4n) is 2.70. The molecule has 110 valence electrons. The van der Waals surface area contributed by atoms with Crippen LogP contribution >= 0.6 is 0 Å². The lowest BCUT2D eigenvalue weighted by Gasteiger charge is -2.37. The Bertz CT molecular complexity index is 526. The van der Waals surface area contributed by atoms with E-state index in [1.165, 1.54) is 4.90 Å². The molecule has 2 unspecified atom stereocenters. The van der Waals surface area contributed by atoms with E-state index >= 15 is 0 Å². The fraction of sp³-hybridized carbons (Fsp3) is 0.615. The minimum atomic E-state index is -0.949. The van der Waals surface area contributed by atoms with Crippen LogP contribution in [0.3, 0.4) is 0 Å². The summed E-state index contributed by atoms with van der Waals surface area (Å²) < 4.78 is 1.61. The van der Waals surface area contributed by atoms with E-state index in [2.05, 4.69) is 10.4 Å². The molecule has 0 radical (unpaired) electrons. The Kier molecular flexibility index (Phi) is 3.96. The van der Waals surface area contributed by atoms with Gasteiger partial charge in [0.2, 0.25) is 0 Å². The number of nitrogens with zero attached hydrogens (tertiary/aromatic N) is 3.